The molecule has 162 valence electrons. The van der Waals surface area contributed by atoms with Crippen LogP contribution in [0.5, 0.6) is 11.5 Å². The van der Waals surface area contributed by atoms with E-state index in [9.17, 15) is 4.79 Å². The number of H-pyrrole nitrogens is 1. The molecule has 0 radical (unpaired) electrons. The summed E-state index contributed by atoms with van der Waals surface area (Å²) in [5.74, 6) is 2.12. The number of carbonyl (C=O) groups excluding carboxylic acids is 1. The minimum Gasteiger partial charge on any atom is -0.497 e. The zero-order chi connectivity index (χ0) is 21.6. The Morgan fingerprint density at radius 2 is 1.94 bits per heavy atom. The van der Waals surface area contributed by atoms with Crippen molar-refractivity contribution in [3.05, 3.63) is 59.6 Å². The number of aromatic nitrogens is 2. The fourth-order valence-electron chi connectivity index (χ4n) is 3.64. The van der Waals surface area contributed by atoms with Crippen molar-refractivity contribution in [1.82, 2.24) is 15.5 Å². The third kappa shape index (κ3) is 5.49. The van der Waals surface area contributed by atoms with Crippen LogP contribution in [0, 0.1) is 0 Å². The standard InChI is InChI=1S/C23H25ClN4O3/c1-30-19-8-10-20(11-9-19)31-15-23(29)25-18-3-2-12-28(14-18)22-13-21(26-27-22)16-4-6-17(24)7-5-16/h4-11,13,18H,2-3,12,14-15H2,1H3,(H,25,29)(H,26,27). The number of nitrogens with zero attached hydrogens (tertiary/aromatic N) is 2. The Kier molecular flexibility index (Phi) is 6.62. The molecule has 3 aromatic rings. The quantitative estimate of drug-likeness (QED) is 0.582. The number of halogens is 1. The van der Waals surface area contributed by atoms with E-state index in [4.69, 9.17) is 21.1 Å². The number of rotatable bonds is 7. The third-order valence-corrected chi connectivity index (χ3v) is 5.51. The number of methoxy groups -OCH3 is 1. The minimum atomic E-state index is -0.133. The van der Waals surface area contributed by atoms with Crippen LogP contribution in [0.2, 0.25) is 5.02 Å². The van der Waals surface area contributed by atoms with Crippen molar-refractivity contribution < 1.29 is 14.3 Å². The van der Waals surface area contributed by atoms with Gasteiger partial charge in [-0.15, -0.1) is 0 Å². The van der Waals surface area contributed by atoms with Crippen LogP contribution in [-0.2, 0) is 4.79 Å². The Balaban J connectivity index is 1.30. The van der Waals surface area contributed by atoms with E-state index in [1.54, 1.807) is 31.4 Å². The second-order valence-electron chi connectivity index (χ2n) is 7.46. The Labute approximate surface area is 186 Å². The molecule has 7 nitrogen and oxygen atoms in total. The molecule has 1 aliphatic rings. The van der Waals surface area contributed by atoms with Crippen LogP contribution in [0.25, 0.3) is 11.3 Å². The van der Waals surface area contributed by atoms with Crippen LogP contribution in [0.1, 0.15) is 12.8 Å². The summed E-state index contributed by atoms with van der Waals surface area (Å²) in [5.41, 5.74) is 1.96. The highest BCUT2D eigenvalue weighted by molar-refractivity contribution is 6.30. The molecule has 1 atom stereocenters. The van der Waals surface area contributed by atoms with Gasteiger partial charge < -0.3 is 19.7 Å². The summed E-state index contributed by atoms with van der Waals surface area (Å²) in [6, 6.07) is 16.9. The highest BCUT2D eigenvalue weighted by Crippen LogP contribution is 2.25. The fourth-order valence-corrected chi connectivity index (χ4v) is 3.77. The zero-order valence-corrected chi connectivity index (χ0v) is 18.1. The molecule has 0 spiro atoms. The molecule has 0 saturated carbocycles. The molecule has 1 aromatic heterocycles. The molecule has 0 aliphatic carbocycles. The molecule has 4 rings (SSSR count). The second-order valence-corrected chi connectivity index (χ2v) is 7.90. The van der Waals surface area contributed by atoms with Crippen molar-refractivity contribution in [2.75, 3.05) is 31.7 Å². The molecule has 2 aromatic carbocycles. The van der Waals surface area contributed by atoms with Crippen molar-refractivity contribution in [1.29, 1.82) is 0 Å². The molecular weight excluding hydrogens is 416 g/mol. The maximum atomic E-state index is 12.4. The molecule has 8 heteroatoms. The van der Waals surface area contributed by atoms with Crippen LogP contribution in [0.3, 0.4) is 0 Å². The Morgan fingerprint density at radius 1 is 1.19 bits per heavy atom. The fraction of sp³-hybridized carbons (Fsp3) is 0.304. The number of amides is 1. The molecule has 0 bridgehead atoms. The topological polar surface area (TPSA) is 79.5 Å². The van der Waals surface area contributed by atoms with Gasteiger partial charge in [-0.1, -0.05) is 23.7 Å². The predicted molar refractivity (Wildman–Crippen MR) is 121 cm³/mol. The smallest absolute Gasteiger partial charge is 0.258 e. The summed E-state index contributed by atoms with van der Waals surface area (Å²) >= 11 is 5.97. The number of hydrogen-bond donors (Lipinski definition) is 2. The van der Waals surface area contributed by atoms with Gasteiger partial charge in [0.25, 0.3) is 5.91 Å². The normalized spacial score (nSPS) is 16.1. The summed E-state index contributed by atoms with van der Waals surface area (Å²) in [6.45, 7) is 1.59. The lowest BCUT2D eigenvalue weighted by Crippen LogP contribution is -2.49. The lowest BCUT2D eigenvalue weighted by atomic mass is 10.1. The number of hydrogen-bond acceptors (Lipinski definition) is 5. The molecule has 1 amide bonds. The number of carbonyl (C=O) groups is 1. The van der Waals surface area contributed by atoms with E-state index in [1.165, 1.54) is 0 Å². The van der Waals surface area contributed by atoms with Gasteiger partial charge in [0.15, 0.2) is 12.4 Å². The predicted octanol–water partition coefficient (Wildman–Crippen LogP) is 3.90. The van der Waals surface area contributed by atoms with E-state index in [1.807, 2.05) is 30.3 Å². The van der Waals surface area contributed by atoms with Gasteiger partial charge in [0.2, 0.25) is 0 Å². The highest BCUT2D eigenvalue weighted by Gasteiger charge is 2.23. The first-order valence-corrected chi connectivity index (χ1v) is 10.6. The van der Waals surface area contributed by atoms with Crippen molar-refractivity contribution in [3.63, 3.8) is 0 Å². The van der Waals surface area contributed by atoms with E-state index < -0.39 is 0 Å². The van der Waals surface area contributed by atoms with Crippen molar-refractivity contribution in [2.24, 2.45) is 0 Å². The first-order chi connectivity index (χ1) is 15.1. The van der Waals surface area contributed by atoms with E-state index >= 15 is 0 Å². The van der Waals surface area contributed by atoms with Crippen LogP contribution >= 0.6 is 11.6 Å². The van der Waals surface area contributed by atoms with E-state index in [0.717, 1.165) is 42.2 Å². The van der Waals surface area contributed by atoms with Gasteiger partial charge in [0, 0.05) is 30.2 Å². The van der Waals surface area contributed by atoms with Crippen molar-refractivity contribution >= 4 is 23.3 Å². The summed E-state index contributed by atoms with van der Waals surface area (Å²) in [6.07, 6.45) is 1.91. The van der Waals surface area contributed by atoms with Crippen LogP contribution in [0.4, 0.5) is 5.82 Å². The van der Waals surface area contributed by atoms with E-state index in [0.29, 0.717) is 17.3 Å². The molecule has 2 heterocycles. The monoisotopic (exact) mass is 440 g/mol. The van der Waals surface area contributed by atoms with Gasteiger partial charge >= 0.3 is 0 Å². The summed E-state index contributed by atoms with van der Waals surface area (Å²) in [5, 5.41) is 11.3. The van der Waals surface area contributed by atoms with Gasteiger partial charge in [-0.25, -0.2) is 0 Å². The number of anilines is 1. The van der Waals surface area contributed by atoms with Gasteiger partial charge in [-0.3, -0.25) is 9.89 Å². The van der Waals surface area contributed by atoms with Crippen molar-refractivity contribution in [3.8, 4) is 22.8 Å². The summed E-state index contributed by atoms with van der Waals surface area (Å²) in [4.78, 5) is 14.5. The van der Waals surface area contributed by atoms with Crippen LogP contribution in [0.15, 0.2) is 54.6 Å². The lowest BCUT2D eigenvalue weighted by Gasteiger charge is -2.33. The SMILES string of the molecule is COc1ccc(OCC(=O)NC2CCCN(c3cc(-c4ccc(Cl)cc4)[nH]n3)C2)cc1. The number of benzene rings is 2. The Morgan fingerprint density at radius 3 is 2.68 bits per heavy atom. The number of piperidine rings is 1. The summed E-state index contributed by atoms with van der Waals surface area (Å²) < 4.78 is 10.7. The maximum Gasteiger partial charge on any atom is 0.258 e. The molecule has 2 N–H and O–H groups in total. The van der Waals surface area contributed by atoms with E-state index in [-0.39, 0.29) is 18.6 Å². The third-order valence-electron chi connectivity index (χ3n) is 5.26. The van der Waals surface area contributed by atoms with Crippen LogP contribution in [-0.4, -0.2) is 49.0 Å². The summed E-state index contributed by atoms with van der Waals surface area (Å²) in [7, 11) is 1.61. The highest BCUT2D eigenvalue weighted by atomic mass is 35.5. The Bertz CT molecular complexity index is 1000. The number of ether oxygens (including phenoxy) is 2. The largest absolute Gasteiger partial charge is 0.497 e. The average Bonchev–Trinajstić information content (AvgIpc) is 3.29. The molecule has 1 unspecified atom stereocenters. The minimum absolute atomic E-state index is 0.0219. The first-order valence-electron chi connectivity index (χ1n) is 10.2. The van der Waals surface area contributed by atoms with Gasteiger partial charge in [0.1, 0.15) is 11.5 Å². The van der Waals surface area contributed by atoms with Crippen LogP contribution < -0.4 is 19.7 Å². The molecule has 1 fully saturated rings. The first kappa shape index (κ1) is 21.1. The maximum absolute atomic E-state index is 12.4. The molecular formula is C23H25ClN4O3. The second kappa shape index (κ2) is 9.75. The van der Waals surface area contributed by atoms with Gasteiger partial charge in [-0.2, -0.15) is 5.10 Å². The average molecular weight is 441 g/mol. The Hall–Kier alpha value is -3.19. The van der Waals surface area contributed by atoms with E-state index in [2.05, 4.69) is 20.4 Å². The zero-order valence-electron chi connectivity index (χ0n) is 17.3. The lowest BCUT2D eigenvalue weighted by molar-refractivity contribution is -0.123. The molecule has 1 saturated heterocycles. The van der Waals surface area contributed by atoms with Gasteiger partial charge in [-0.05, 0) is 54.8 Å². The van der Waals surface area contributed by atoms with Gasteiger partial charge in [0.05, 0.1) is 12.8 Å². The molecule has 1 aliphatic heterocycles. The number of aromatic amines is 1. The van der Waals surface area contributed by atoms with Crippen molar-refractivity contribution in [2.45, 2.75) is 18.9 Å². The number of nitrogens with one attached hydrogen (secondary N) is 2. The molecule has 31 heavy (non-hydrogen) atoms.